The lowest BCUT2D eigenvalue weighted by atomic mass is 10.1. The number of hydrogen-bond acceptors (Lipinski definition) is 3. The first-order valence-electron chi connectivity index (χ1n) is 7.71. The summed E-state index contributed by atoms with van der Waals surface area (Å²) in [4.78, 5) is 0. The van der Waals surface area contributed by atoms with Crippen LogP contribution in [0.3, 0.4) is 0 Å². The van der Waals surface area contributed by atoms with Crippen molar-refractivity contribution >= 4 is 10.2 Å². The van der Waals surface area contributed by atoms with Crippen molar-refractivity contribution < 1.29 is 17.0 Å². The second-order valence-electron chi connectivity index (χ2n) is 5.44. The van der Waals surface area contributed by atoms with Crippen LogP contribution in [0.25, 0.3) is 0 Å². The minimum atomic E-state index is -4.34. The minimum Gasteiger partial charge on any atom is -0.489 e. The Balaban J connectivity index is 1.83. The summed E-state index contributed by atoms with van der Waals surface area (Å²) >= 11 is 0. The summed E-state index contributed by atoms with van der Waals surface area (Å²) in [6.45, 7) is 0.512. The first-order valence-corrected chi connectivity index (χ1v) is 9.27. The molecule has 0 aliphatic rings. The number of para-hydroxylation sites is 1. The molecule has 3 nitrogen and oxygen atoms in total. The van der Waals surface area contributed by atoms with E-state index in [-0.39, 0.29) is 5.75 Å². The second-order valence-corrected chi connectivity index (χ2v) is 6.92. The second kappa shape index (κ2) is 8.67. The molecular formula is C18H21FO3S. The quantitative estimate of drug-likeness (QED) is 0.507. The SMILES string of the molecule is O=S(=O)(F)CCCCCc1ccccc1OCc1ccccc1. The highest BCUT2D eigenvalue weighted by atomic mass is 32.3. The summed E-state index contributed by atoms with van der Waals surface area (Å²) in [6, 6.07) is 17.8. The van der Waals surface area contributed by atoms with E-state index in [1.807, 2.05) is 54.6 Å². The zero-order valence-electron chi connectivity index (χ0n) is 12.9. The molecule has 2 aromatic rings. The van der Waals surface area contributed by atoms with E-state index in [9.17, 15) is 12.3 Å². The molecule has 0 unspecified atom stereocenters. The Hall–Kier alpha value is -1.88. The molecule has 0 aliphatic carbocycles. The molecule has 124 valence electrons. The van der Waals surface area contributed by atoms with E-state index in [0.717, 1.165) is 29.7 Å². The predicted octanol–water partition coefficient (Wildman–Crippen LogP) is 4.28. The van der Waals surface area contributed by atoms with Gasteiger partial charge in [-0.15, -0.1) is 3.89 Å². The van der Waals surface area contributed by atoms with E-state index in [1.54, 1.807) is 0 Å². The molecule has 0 heterocycles. The van der Waals surface area contributed by atoms with Gasteiger partial charge >= 0.3 is 10.2 Å². The Kier molecular flexibility index (Phi) is 6.59. The van der Waals surface area contributed by atoms with E-state index in [4.69, 9.17) is 4.74 Å². The van der Waals surface area contributed by atoms with Crippen LogP contribution >= 0.6 is 0 Å². The van der Waals surface area contributed by atoms with Gasteiger partial charge in [-0.1, -0.05) is 55.0 Å². The topological polar surface area (TPSA) is 43.4 Å². The molecule has 0 aliphatic heterocycles. The van der Waals surface area contributed by atoms with Gasteiger partial charge in [-0.05, 0) is 36.5 Å². The van der Waals surface area contributed by atoms with Gasteiger partial charge in [-0.3, -0.25) is 0 Å². The van der Waals surface area contributed by atoms with Crippen molar-refractivity contribution in [2.24, 2.45) is 0 Å². The molecule has 0 N–H and O–H groups in total. The molecule has 0 radical (unpaired) electrons. The third-order valence-corrected chi connectivity index (χ3v) is 4.32. The van der Waals surface area contributed by atoms with Crippen LogP contribution in [0, 0.1) is 0 Å². The van der Waals surface area contributed by atoms with Gasteiger partial charge in [0, 0.05) is 0 Å². The fraction of sp³-hybridized carbons (Fsp3) is 0.333. The van der Waals surface area contributed by atoms with Crippen LogP contribution in [0.5, 0.6) is 5.75 Å². The highest BCUT2D eigenvalue weighted by Crippen LogP contribution is 2.21. The van der Waals surface area contributed by atoms with Gasteiger partial charge in [0.25, 0.3) is 0 Å². The monoisotopic (exact) mass is 336 g/mol. The number of aryl methyl sites for hydroxylation is 1. The van der Waals surface area contributed by atoms with Gasteiger partial charge in [-0.25, -0.2) is 0 Å². The van der Waals surface area contributed by atoms with Crippen LogP contribution in [0.1, 0.15) is 30.4 Å². The Labute approximate surface area is 137 Å². The third-order valence-electron chi connectivity index (χ3n) is 3.54. The number of benzene rings is 2. The summed E-state index contributed by atoms with van der Waals surface area (Å²) in [7, 11) is -4.34. The zero-order chi connectivity index (χ0) is 16.5. The van der Waals surface area contributed by atoms with Crippen molar-refractivity contribution in [3.63, 3.8) is 0 Å². The first-order chi connectivity index (χ1) is 11.0. The van der Waals surface area contributed by atoms with E-state index in [1.165, 1.54) is 0 Å². The van der Waals surface area contributed by atoms with Crippen LogP contribution in [0.15, 0.2) is 54.6 Å². The van der Waals surface area contributed by atoms with Crippen LogP contribution < -0.4 is 4.74 Å². The lowest BCUT2D eigenvalue weighted by molar-refractivity contribution is 0.302. The maximum atomic E-state index is 12.4. The van der Waals surface area contributed by atoms with Gasteiger partial charge in [-0.2, -0.15) is 8.42 Å². The van der Waals surface area contributed by atoms with Crippen LogP contribution in [-0.4, -0.2) is 14.2 Å². The summed E-state index contributed by atoms with van der Waals surface area (Å²) in [5.41, 5.74) is 2.20. The fourth-order valence-corrected chi connectivity index (χ4v) is 2.90. The Morgan fingerprint density at radius 3 is 2.30 bits per heavy atom. The van der Waals surface area contributed by atoms with Crippen LogP contribution in [0.2, 0.25) is 0 Å². The van der Waals surface area contributed by atoms with E-state index >= 15 is 0 Å². The van der Waals surface area contributed by atoms with Crippen molar-refractivity contribution in [2.45, 2.75) is 32.3 Å². The molecular weight excluding hydrogens is 315 g/mol. The lowest BCUT2D eigenvalue weighted by Gasteiger charge is -2.11. The largest absolute Gasteiger partial charge is 0.489 e. The van der Waals surface area contributed by atoms with E-state index in [2.05, 4.69) is 0 Å². The summed E-state index contributed by atoms with van der Waals surface area (Å²) in [5.74, 6) is 0.452. The molecule has 0 bridgehead atoms. The average Bonchev–Trinajstić information content (AvgIpc) is 2.53. The average molecular weight is 336 g/mol. The van der Waals surface area contributed by atoms with Crippen molar-refractivity contribution in [3.05, 3.63) is 65.7 Å². The fourth-order valence-electron chi connectivity index (χ4n) is 2.35. The normalized spacial score (nSPS) is 11.3. The van der Waals surface area contributed by atoms with Crippen molar-refractivity contribution in [1.82, 2.24) is 0 Å². The minimum absolute atomic E-state index is 0.353. The van der Waals surface area contributed by atoms with Crippen molar-refractivity contribution in [1.29, 1.82) is 0 Å². The summed E-state index contributed by atoms with van der Waals surface area (Å²) < 4.78 is 39.2. The number of ether oxygens (including phenoxy) is 1. The molecule has 23 heavy (non-hydrogen) atoms. The predicted molar refractivity (Wildman–Crippen MR) is 89.7 cm³/mol. The molecule has 0 aromatic heterocycles. The third kappa shape index (κ3) is 6.82. The van der Waals surface area contributed by atoms with Crippen LogP contribution in [0.4, 0.5) is 3.89 Å². The molecule has 0 spiro atoms. The molecule has 0 saturated heterocycles. The van der Waals surface area contributed by atoms with Crippen molar-refractivity contribution in [3.8, 4) is 5.75 Å². The Bertz CT molecular complexity index is 699. The van der Waals surface area contributed by atoms with E-state index < -0.39 is 10.2 Å². The molecule has 0 atom stereocenters. The lowest BCUT2D eigenvalue weighted by Crippen LogP contribution is -2.00. The summed E-state index contributed by atoms with van der Waals surface area (Å²) in [6.07, 6.45) is 2.63. The zero-order valence-corrected chi connectivity index (χ0v) is 13.8. The summed E-state index contributed by atoms with van der Waals surface area (Å²) in [5, 5.41) is 0. The van der Waals surface area contributed by atoms with Crippen LogP contribution in [-0.2, 0) is 23.3 Å². The maximum Gasteiger partial charge on any atom is 0.302 e. The molecule has 0 fully saturated rings. The molecule has 0 saturated carbocycles. The van der Waals surface area contributed by atoms with Crippen molar-refractivity contribution in [2.75, 3.05) is 5.75 Å². The number of rotatable bonds is 9. The highest BCUT2D eigenvalue weighted by Gasteiger charge is 2.07. The Morgan fingerprint density at radius 1 is 0.870 bits per heavy atom. The smallest absolute Gasteiger partial charge is 0.302 e. The Morgan fingerprint density at radius 2 is 1.57 bits per heavy atom. The maximum absolute atomic E-state index is 12.4. The molecule has 2 aromatic carbocycles. The van der Waals surface area contributed by atoms with Gasteiger partial charge in [0.1, 0.15) is 12.4 Å². The van der Waals surface area contributed by atoms with Gasteiger partial charge in [0.2, 0.25) is 0 Å². The number of halogens is 1. The molecule has 2 rings (SSSR count). The number of hydrogen-bond donors (Lipinski definition) is 0. The van der Waals surface area contributed by atoms with Gasteiger partial charge < -0.3 is 4.74 Å². The standard InChI is InChI=1S/C18H21FO3S/c19-23(20,21)14-8-2-5-11-17-12-6-7-13-18(17)22-15-16-9-3-1-4-10-16/h1,3-4,6-7,9-10,12-13H,2,5,8,11,14-15H2. The highest BCUT2D eigenvalue weighted by molar-refractivity contribution is 7.86. The molecule has 5 heteroatoms. The van der Waals surface area contributed by atoms with Gasteiger partial charge in [0.15, 0.2) is 0 Å². The van der Waals surface area contributed by atoms with E-state index in [0.29, 0.717) is 19.4 Å². The number of unbranched alkanes of at least 4 members (excludes halogenated alkanes) is 2. The van der Waals surface area contributed by atoms with Gasteiger partial charge in [0.05, 0.1) is 5.75 Å². The molecule has 0 amide bonds. The first kappa shape index (κ1) is 17.5.